The average molecular weight is 346 g/mol. The molecule has 2 atom stereocenters. The van der Waals surface area contributed by atoms with Crippen LogP contribution in [0.3, 0.4) is 0 Å². The van der Waals surface area contributed by atoms with Crippen molar-refractivity contribution in [2.45, 2.75) is 25.5 Å². The average Bonchev–Trinajstić information content (AvgIpc) is 2.64. The van der Waals surface area contributed by atoms with Gasteiger partial charge < -0.3 is 21.1 Å². The number of rotatable bonds is 5. The van der Waals surface area contributed by atoms with E-state index in [9.17, 15) is 9.59 Å². The topological polar surface area (TPSA) is 96.7 Å². The highest BCUT2D eigenvalue weighted by Gasteiger charge is 2.24. The third kappa shape index (κ3) is 5.01. The van der Waals surface area contributed by atoms with E-state index in [-0.39, 0.29) is 17.7 Å². The van der Waals surface area contributed by atoms with Crippen LogP contribution in [0.15, 0.2) is 24.3 Å². The van der Waals surface area contributed by atoms with Gasteiger partial charge in [0.2, 0.25) is 5.91 Å². The van der Waals surface area contributed by atoms with Crippen LogP contribution >= 0.6 is 0 Å². The number of carbonyl (C=O) groups is 2. The van der Waals surface area contributed by atoms with E-state index < -0.39 is 6.10 Å². The molecule has 136 valence electrons. The molecule has 2 aliphatic rings. The van der Waals surface area contributed by atoms with E-state index in [1.165, 1.54) is 0 Å². The molecule has 0 radical (unpaired) electrons. The molecule has 0 aromatic heterocycles. The van der Waals surface area contributed by atoms with Crippen LogP contribution in [0.2, 0.25) is 0 Å². The minimum atomic E-state index is -0.437. The summed E-state index contributed by atoms with van der Waals surface area (Å²) in [6.45, 7) is 4.37. The molecule has 2 unspecified atom stereocenters. The number of amides is 2. The van der Waals surface area contributed by atoms with Crippen LogP contribution < -0.4 is 16.4 Å². The summed E-state index contributed by atoms with van der Waals surface area (Å²) in [4.78, 5) is 25.8. The van der Waals surface area contributed by atoms with Crippen LogP contribution in [0.1, 0.15) is 18.4 Å². The molecule has 1 aromatic carbocycles. The molecule has 0 saturated carbocycles. The number of hydrogen-bond acceptors (Lipinski definition) is 5. The molecule has 1 aromatic rings. The maximum atomic E-state index is 12.1. The first-order valence-electron chi connectivity index (χ1n) is 8.85. The number of benzene rings is 1. The van der Waals surface area contributed by atoms with Crippen molar-refractivity contribution in [1.29, 1.82) is 0 Å². The fourth-order valence-electron chi connectivity index (χ4n) is 3.34. The lowest BCUT2D eigenvalue weighted by Crippen LogP contribution is -2.45. The summed E-state index contributed by atoms with van der Waals surface area (Å²) in [6.07, 6.45) is 1.44. The first kappa shape index (κ1) is 17.8. The van der Waals surface area contributed by atoms with Crippen molar-refractivity contribution in [3.8, 4) is 0 Å². The van der Waals surface area contributed by atoms with Crippen LogP contribution in [-0.2, 0) is 20.9 Å². The lowest BCUT2D eigenvalue weighted by Gasteiger charge is -2.31. The van der Waals surface area contributed by atoms with Gasteiger partial charge in [-0.25, -0.2) is 0 Å². The van der Waals surface area contributed by atoms with Gasteiger partial charge in [0.05, 0.1) is 12.5 Å². The molecule has 2 fully saturated rings. The molecule has 2 saturated heterocycles. The van der Waals surface area contributed by atoms with Crippen LogP contribution in [0.5, 0.6) is 0 Å². The number of nitrogens with two attached hydrogens (primary N) is 1. The number of nitrogens with zero attached hydrogens (tertiary/aromatic N) is 1. The monoisotopic (exact) mass is 346 g/mol. The molecular formula is C18H26N4O3. The van der Waals surface area contributed by atoms with Crippen molar-refractivity contribution in [3.05, 3.63) is 29.8 Å². The third-order valence-corrected chi connectivity index (χ3v) is 4.76. The van der Waals surface area contributed by atoms with E-state index in [0.717, 1.165) is 50.3 Å². The van der Waals surface area contributed by atoms with Crippen molar-refractivity contribution >= 4 is 17.5 Å². The molecule has 25 heavy (non-hydrogen) atoms. The third-order valence-electron chi connectivity index (χ3n) is 4.76. The smallest absolute Gasteiger partial charge is 0.254 e. The Morgan fingerprint density at radius 3 is 2.80 bits per heavy atom. The minimum Gasteiger partial charge on any atom is -0.369 e. The van der Waals surface area contributed by atoms with Gasteiger partial charge in [0.1, 0.15) is 6.10 Å². The number of carbonyl (C=O) groups excluding carboxylic acids is 2. The number of likely N-dealkylation sites (tertiary alicyclic amines) is 1. The van der Waals surface area contributed by atoms with Gasteiger partial charge in [-0.2, -0.15) is 0 Å². The van der Waals surface area contributed by atoms with Gasteiger partial charge in [0.15, 0.2) is 0 Å². The van der Waals surface area contributed by atoms with E-state index in [1.807, 2.05) is 24.3 Å². The summed E-state index contributed by atoms with van der Waals surface area (Å²) in [6, 6.07) is 7.81. The molecule has 7 heteroatoms. The van der Waals surface area contributed by atoms with E-state index in [0.29, 0.717) is 13.2 Å². The minimum absolute atomic E-state index is 0.0450. The van der Waals surface area contributed by atoms with Crippen molar-refractivity contribution < 1.29 is 14.3 Å². The van der Waals surface area contributed by atoms with Crippen LogP contribution in [-0.4, -0.2) is 55.6 Å². The predicted molar refractivity (Wildman–Crippen MR) is 94.9 cm³/mol. The zero-order valence-corrected chi connectivity index (χ0v) is 14.4. The summed E-state index contributed by atoms with van der Waals surface area (Å²) in [5.41, 5.74) is 7.34. The fraction of sp³-hybridized carbons (Fsp3) is 0.556. The SMILES string of the molecule is NC(=O)C1CCCN(Cc2ccc(NC(=O)C3CNCCO3)cc2)C1. The van der Waals surface area contributed by atoms with Gasteiger partial charge >= 0.3 is 0 Å². The number of nitrogens with one attached hydrogen (secondary N) is 2. The molecule has 0 bridgehead atoms. The molecule has 2 aliphatic heterocycles. The highest BCUT2D eigenvalue weighted by atomic mass is 16.5. The zero-order chi connectivity index (χ0) is 17.6. The standard InChI is InChI=1S/C18H26N4O3/c19-17(23)14-2-1-8-22(12-14)11-13-3-5-15(6-4-13)21-18(24)16-10-20-7-9-25-16/h3-6,14,16,20H,1-2,7-12H2,(H2,19,23)(H,21,24). The Morgan fingerprint density at radius 2 is 2.12 bits per heavy atom. The number of ether oxygens (including phenoxy) is 1. The van der Waals surface area contributed by atoms with Crippen LogP contribution in [0.4, 0.5) is 5.69 Å². The second-order valence-electron chi connectivity index (χ2n) is 6.73. The van der Waals surface area contributed by atoms with Gasteiger partial charge in [0, 0.05) is 31.9 Å². The molecule has 3 rings (SSSR count). The van der Waals surface area contributed by atoms with Crippen molar-refractivity contribution in [2.24, 2.45) is 11.7 Å². The molecule has 0 spiro atoms. The summed E-state index contributed by atoms with van der Waals surface area (Å²) in [5, 5.41) is 6.03. The Bertz CT molecular complexity index is 599. The van der Waals surface area contributed by atoms with E-state index in [2.05, 4.69) is 15.5 Å². The summed E-state index contributed by atoms with van der Waals surface area (Å²) in [7, 11) is 0. The van der Waals surface area contributed by atoms with Gasteiger partial charge in [-0.05, 0) is 37.1 Å². The summed E-state index contributed by atoms with van der Waals surface area (Å²) >= 11 is 0. The van der Waals surface area contributed by atoms with Gasteiger partial charge in [-0.3, -0.25) is 14.5 Å². The maximum absolute atomic E-state index is 12.1. The van der Waals surface area contributed by atoms with Crippen molar-refractivity contribution in [2.75, 3.05) is 38.1 Å². The summed E-state index contributed by atoms with van der Waals surface area (Å²) in [5.74, 6) is -0.376. The zero-order valence-electron chi connectivity index (χ0n) is 14.4. The first-order chi connectivity index (χ1) is 12.1. The number of hydrogen-bond donors (Lipinski definition) is 3. The van der Waals surface area contributed by atoms with Gasteiger partial charge in [-0.1, -0.05) is 12.1 Å². The Morgan fingerprint density at radius 1 is 1.32 bits per heavy atom. The fourth-order valence-corrected chi connectivity index (χ4v) is 3.34. The maximum Gasteiger partial charge on any atom is 0.254 e. The number of anilines is 1. The lowest BCUT2D eigenvalue weighted by molar-refractivity contribution is -0.128. The number of primary amides is 1. The van der Waals surface area contributed by atoms with E-state index in [1.54, 1.807) is 0 Å². The number of piperidine rings is 1. The second-order valence-corrected chi connectivity index (χ2v) is 6.73. The highest BCUT2D eigenvalue weighted by molar-refractivity contribution is 5.94. The normalized spacial score (nSPS) is 24.6. The molecule has 2 heterocycles. The molecule has 4 N–H and O–H groups in total. The number of morpholine rings is 1. The Hall–Kier alpha value is -1.96. The van der Waals surface area contributed by atoms with Gasteiger partial charge in [0.25, 0.3) is 5.91 Å². The van der Waals surface area contributed by atoms with Gasteiger partial charge in [-0.15, -0.1) is 0 Å². The van der Waals surface area contributed by atoms with Crippen molar-refractivity contribution in [3.63, 3.8) is 0 Å². The largest absolute Gasteiger partial charge is 0.369 e. The van der Waals surface area contributed by atoms with Crippen LogP contribution in [0.25, 0.3) is 0 Å². The molecule has 0 aliphatic carbocycles. The van der Waals surface area contributed by atoms with E-state index in [4.69, 9.17) is 10.5 Å². The highest BCUT2D eigenvalue weighted by Crippen LogP contribution is 2.19. The Labute approximate surface area is 147 Å². The molecular weight excluding hydrogens is 320 g/mol. The van der Waals surface area contributed by atoms with Crippen molar-refractivity contribution in [1.82, 2.24) is 10.2 Å². The van der Waals surface area contributed by atoms with Crippen LogP contribution in [0, 0.1) is 5.92 Å². The second kappa shape index (κ2) is 8.42. The van der Waals surface area contributed by atoms with E-state index >= 15 is 0 Å². The quantitative estimate of drug-likeness (QED) is 0.713. The molecule has 7 nitrogen and oxygen atoms in total. The lowest BCUT2D eigenvalue weighted by atomic mass is 9.97. The molecule has 2 amide bonds. The summed E-state index contributed by atoms with van der Waals surface area (Å²) < 4.78 is 5.45. The first-order valence-corrected chi connectivity index (χ1v) is 8.85. The Balaban J connectivity index is 1.51. The predicted octanol–water partition coefficient (Wildman–Crippen LogP) is 0.311. The Kier molecular flexibility index (Phi) is 6.01.